The quantitative estimate of drug-likeness (QED) is 0.825. The van der Waals surface area contributed by atoms with Gasteiger partial charge in [0.1, 0.15) is 5.75 Å². The highest BCUT2D eigenvalue weighted by Gasteiger charge is 2.16. The van der Waals surface area contributed by atoms with Crippen LogP contribution in [0.4, 0.5) is 0 Å². The molecule has 2 N–H and O–H groups in total. The Balaban J connectivity index is 1.73. The number of nitrogens with zero attached hydrogens (tertiary/aromatic N) is 2. The van der Waals surface area contributed by atoms with Gasteiger partial charge >= 0.3 is 0 Å². The van der Waals surface area contributed by atoms with Crippen LogP contribution in [0.25, 0.3) is 0 Å². The molecule has 0 saturated carbocycles. The second-order valence-corrected chi connectivity index (χ2v) is 6.21. The fourth-order valence-electron chi connectivity index (χ4n) is 2.72. The molecular formula is C17H29N3O. The van der Waals surface area contributed by atoms with Crippen molar-refractivity contribution in [2.45, 2.75) is 13.3 Å². The Morgan fingerprint density at radius 3 is 2.71 bits per heavy atom. The van der Waals surface area contributed by atoms with Crippen molar-refractivity contribution < 1.29 is 4.74 Å². The molecule has 4 heteroatoms. The van der Waals surface area contributed by atoms with Crippen molar-refractivity contribution in [1.82, 2.24) is 9.80 Å². The Kier molecular flexibility index (Phi) is 6.49. The second-order valence-electron chi connectivity index (χ2n) is 6.21. The molecule has 1 aromatic carbocycles. The lowest BCUT2D eigenvalue weighted by Crippen LogP contribution is -2.46. The molecule has 0 bridgehead atoms. The minimum Gasteiger partial charge on any atom is -0.493 e. The molecule has 0 aromatic heterocycles. The Morgan fingerprint density at radius 1 is 1.24 bits per heavy atom. The van der Waals surface area contributed by atoms with Crippen LogP contribution >= 0.6 is 0 Å². The number of ether oxygens (including phenoxy) is 1. The van der Waals surface area contributed by atoms with E-state index in [1.807, 2.05) is 12.1 Å². The van der Waals surface area contributed by atoms with E-state index in [4.69, 9.17) is 10.5 Å². The maximum Gasteiger partial charge on any atom is 0.119 e. The molecule has 2 rings (SSSR count). The highest BCUT2D eigenvalue weighted by Crippen LogP contribution is 2.15. The lowest BCUT2D eigenvalue weighted by molar-refractivity contribution is 0.123. The molecule has 1 aliphatic heterocycles. The van der Waals surface area contributed by atoms with Gasteiger partial charge < -0.3 is 20.3 Å². The average Bonchev–Trinajstić information content (AvgIpc) is 2.48. The summed E-state index contributed by atoms with van der Waals surface area (Å²) in [5.41, 5.74) is 6.85. The molecule has 4 nitrogen and oxygen atoms in total. The van der Waals surface area contributed by atoms with E-state index in [0.29, 0.717) is 12.5 Å². The standard InChI is InChI=1S/C17H29N3O/c1-15(13-20-10-8-19(2)9-11-20)14-21-17-5-3-4-16(12-17)6-7-18/h3-5,12,15H,6-11,13-14,18H2,1-2H3. The van der Waals surface area contributed by atoms with Gasteiger partial charge in [0.15, 0.2) is 0 Å². The van der Waals surface area contributed by atoms with E-state index in [0.717, 1.165) is 25.3 Å². The minimum absolute atomic E-state index is 0.548. The predicted octanol–water partition coefficient (Wildman–Crippen LogP) is 1.45. The fraction of sp³-hybridized carbons (Fsp3) is 0.647. The van der Waals surface area contributed by atoms with Crippen LogP contribution in [0.5, 0.6) is 5.75 Å². The number of hydrogen-bond donors (Lipinski definition) is 1. The summed E-state index contributed by atoms with van der Waals surface area (Å²) in [6.07, 6.45) is 0.911. The van der Waals surface area contributed by atoms with E-state index in [1.54, 1.807) is 0 Å². The maximum absolute atomic E-state index is 5.94. The van der Waals surface area contributed by atoms with Gasteiger partial charge in [0.2, 0.25) is 0 Å². The zero-order chi connectivity index (χ0) is 15.1. The van der Waals surface area contributed by atoms with Gasteiger partial charge in [-0.2, -0.15) is 0 Å². The van der Waals surface area contributed by atoms with Crippen LogP contribution in [0.2, 0.25) is 0 Å². The number of benzene rings is 1. The summed E-state index contributed by atoms with van der Waals surface area (Å²) in [7, 11) is 2.19. The monoisotopic (exact) mass is 291 g/mol. The van der Waals surface area contributed by atoms with Crippen LogP contribution in [-0.4, -0.2) is 62.7 Å². The molecule has 1 heterocycles. The molecule has 1 atom stereocenters. The van der Waals surface area contributed by atoms with Crippen LogP contribution in [0.3, 0.4) is 0 Å². The SMILES string of the molecule is CC(COc1cccc(CCN)c1)CN1CCN(C)CC1. The van der Waals surface area contributed by atoms with Gasteiger partial charge in [0.25, 0.3) is 0 Å². The van der Waals surface area contributed by atoms with E-state index in [1.165, 1.54) is 31.7 Å². The average molecular weight is 291 g/mol. The first-order valence-electron chi connectivity index (χ1n) is 8.00. The molecule has 21 heavy (non-hydrogen) atoms. The van der Waals surface area contributed by atoms with E-state index in [-0.39, 0.29) is 0 Å². The lowest BCUT2D eigenvalue weighted by Gasteiger charge is -2.33. The third-order valence-corrected chi connectivity index (χ3v) is 4.03. The lowest BCUT2D eigenvalue weighted by atomic mass is 10.1. The summed E-state index contributed by atoms with van der Waals surface area (Å²) in [4.78, 5) is 4.93. The summed E-state index contributed by atoms with van der Waals surface area (Å²) in [6, 6.07) is 8.29. The molecule has 118 valence electrons. The van der Waals surface area contributed by atoms with Gasteiger partial charge in [-0.05, 0) is 37.7 Å². The smallest absolute Gasteiger partial charge is 0.119 e. The van der Waals surface area contributed by atoms with E-state index >= 15 is 0 Å². The van der Waals surface area contributed by atoms with Crippen molar-refractivity contribution in [1.29, 1.82) is 0 Å². The summed E-state index contributed by atoms with van der Waals surface area (Å²) in [5, 5.41) is 0. The number of rotatable bonds is 7. The minimum atomic E-state index is 0.548. The summed E-state index contributed by atoms with van der Waals surface area (Å²) < 4.78 is 5.94. The molecule has 0 spiro atoms. The molecule has 1 aliphatic rings. The number of likely N-dealkylation sites (N-methyl/N-ethyl adjacent to an activating group) is 1. The number of piperazine rings is 1. The normalized spacial score (nSPS) is 18.6. The highest BCUT2D eigenvalue weighted by atomic mass is 16.5. The zero-order valence-electron chi connectivity index (χ0n) is 13.4. The van der Waals surface area contributed by atoms with E-state index in [9.17, 15) is 0 Å². The van der Waals surface area contributed by atoms with Crippen LogP contribution in [0, 0.1) is 5.92 Å². The fourth-order valence-corrected chi connectivity index (χ4v) is 2.72. The Morgan fingerprint density at radius 2 is 2.00 bits per heavy atom. The van der Waals surface area contributed by atoms with Crippen molar-refractivity contribution in [3.63, 3.8) is 0 Å². The summed E-state index contributed by atoms with van der Waals surface area (Å²) in [6.45, 7) is 9.54. The van der Waals surface area contributed by atoms with Gasteiger partial charge in [-0.3, -0.25) is 0 Å². The Hall–Kier alpha value is -1.10. The van der Waals surface area contributed by atoms with Crippen LogP contribution in [-0.2, 0) is 6.42 Å². The molecule has 0 aliphatic carbocycles. The van der Waals surface area contributed by atoms with Gasteiger partial charge in [-0.25, -0.2) is 0 Å². The Bertz CT molecular complexity index is 416. The molecule has 0 amide bonds. The van der Waals surface area contributed by atoms with Gasteiger partial charge in [-0.15, -0.1) is 0 Å². The van der Waals surface area contributed by atoms with E-state index in [2.05, 4.69) is 35.9 Å². The van der Waals surface area contributed by atoms with Crippen LogP contribution < -0.4 is 10.5 Å². The number of hydrogen-bond acceptors (Lipinski definition) is 4. The molecule has 1 saturated heterocycles. The van der Waals surface area contributed by atoms with Crippen LogP contribution in [0.1, 0.15) is 12.5 Å². The number of nitrogens with two attached hydrogens (primary N) is 1. The largest absolute Gasteiger partial charge is 0.493 e. The predicted molar refractivity (Wildman–Crippen MR) is 87.8 cm³/mol. The molecule has 1 unspecified atom stereocenters. The first kappa shape index (κ1) is 16.3. The van der Waals surface area contributed by atoms with Crippen molar-refractivity contribution in [2.75, 3.05) is 52.9 Å². The van der Waals surface area contributed by atoms with E-state index < -0.39 is 0 Å². The molecule has 1 aromatic rings. The van der Waals surface area contributed by atoms with Crippen molar-refractivity contribution in [3.05, 3.63) is 29.8 Å². The first-order chi connectivity index (χ1) is 10.2. The topological polar surface area (TPSA) is 41.7 Å². The molecule has 1 fully saturated rings. The molecular weight excluding hydrogens is 262 g/mol. The Labute approximate surface area is 128 Å². The van der Waals surface area contributed by atoms with Crippen LogP contribution in [0.15, 0.2) is 24.3 Å². The second kappa shape index (κ2) is 8.37. The maximum atomic E-state index is 5.94. The summed E-state index contributed by atoms with van der Waals surface area (Å²) in [5.74, 6) is 1.51. The summed E-state index contributed by atoms with van der Waals surface area (Å²) >= 11 is 0. The third kappa shape index (κ3) is 5.65. The third-order valence-electron chi connectivity index (χ3n) is 4.03. The van der Waals surface area contributed by atoms with Gasteiger partial charge in [0.05, 0.1) is 6.61 Å². The van der Waals surface area contributed by atoms with Crippen molar-refractivity contribution in [2.24, 2.45) is 11.7 Å². The van der Waals surface area contributed by atoms with Crippen molar-refractivity contribution >= 4 is 0 Å². The van der Waals surface area contributed by atoms with Gasteiger partial charge in [0, 0.05) is 38.6 Å². The van der Waals surface area contributed by atoms with Crippen molar-refractivity contribution in [3.8, 4) is 5.75 Å². The highest BCUT2D eigenvalue weighted by molar-refractivity contribution is 5.28. The van der Waals surface area contributed by atoms with Gasteiger partial charge in [-0.1, -0.05) is 19.1 Å². The molecule has 0 radical (unpaired) electrons. The first-order valence-corrected chi connectivity index (χ1v) is 8.00. The zero-order valence-corrected chi connectivity index (χ0v) is 13.4.